The molecule has 2 aromatic heterocycles. The van der Waals surface area contributed by atoms with Crippen LogP contribution in [-0.4, -0.2) is 32.9 Å². The highest BCUT2D eigenvalue weighted by molar-refractivity contribution is 7.18. The summed E-state index contributed by atoms with van der Waals surface area (Å²) in [5.41, 5.74) is 0.979. The number of aromatic nitrogens is 2. The Morgan fingerprint density at radius 3 is 2.69 bits per heavy atom. The Bertz CT molecular complexity index is 1060. The molecule has 7 nitrogen and oxygen atoms in total. The summed E-state index contributed by atoms with van der Waals surface area (Å²) >= 11 is 1.61. The number of hydrogen-bond donors (Lipinski definition) is 0. The second-order valence-electron chi connectivity index (χ2n) is 7.69. The number of benzene rings is 1. The largest absolute Gasteiger partial charge is 0.431 e. The Kier molecular flexibility index (Phi) is 5.47. The third-order valence-corrected chi connectivity index (χ3v) is 6.65. The molecule has 0 atom stereocenters. The Labute approximate surface area is 173 Å². The zero-order valence-electron chi connectivity index (χ0n) is 16.8. The maximum Gasteiger partial charge on any atom is 0.311 e. The molecule has 1 aliphatic rings. The lowest BCUT2D eigenvalue weighted by Gasteiger charge is -2.29. The molecule has 0 aliphatic carbocycles. The van der Waals surface area contributed by atoms with E-state index in [4.69, 9.17) is 14.7 Å². The minimum absolute atomic E-state index is 0.0737. The molecule has 1 fully saturated rings. The third kappa shape index (κ3) is 4.09. The summed E-state index contributed by atoms with van der Waals surface area (Å²) in [4.78, 5) is 24.8. The molecule has 29 heavy (non-hydrogen) atoms. The predicted octanol–water partition coefficient (Wildman–Crippen LogP) is 5.24. The lowest BCUT2D eigenvalue weighted by atomic mass is 9.99. The normalized spacial score (nSPS) is 15.7. The van der Waals surface area contributed by atoms with Crippen LogP contribution >= 0.6 is 11.3 Å². The first kappa shape index (κ1) is 19.7. The molecule has 0 radical (unpaired) electrons. The lowest BCUT2D eigenvalue weighted by molar-refractivity contribution is -0.385. The van der Waals surface area contributed by atoms with Crippen molar-refractivity contribution in [2.75, 3.05) is 13.1 Å². The van der Waals surface area contributed by atoms with Crippen molar-refractivity contribution < 1.29 is 9.66 Å². The molecule has 1 saturated heterocycles. The third-order valence-electron chi connectivity index (χ3n) is 5.55. The summed E-state index contributed by atoms with van der Waals surface area (Å²) in [7, 11) is 0. The molecule has 3 aromatic rings. The first-order valence-corrected chi connectivity index (χ1v) is 10.6. The fourth-order valence-corrected chi connectivity index (χ4v) is 4.66. The number of nitro groups is 1. The molecule has 0 amide bonds. The van der Waals surface area contributed by atoms with Gasteiger partial charge < -0.3 is 4.74 Å². The second-order valence-corrected chi connectivity index (χ2v) is 8.90. The van der Waals surface area contributed by atoms with Crippen molar-refractivity contribution in [3.8, 4) is 11.6 Å². The molecule has 0 bridgehead atoms. The summed E-state index contributed by atoms with van der Waals surface area (Å²) < 4.78 is 6.02. The highest BCUT2D eigenvalue weighted by atomic mass is 32.1. The number of hydrogen-bond acceptors (Lipinski definition) is 7. The monoisotopic (exact) mass is 412 g/mol. The van der Waals surface area contributed by atoms with Crippen LogP contribution in [-0.2, 0) is 6.54 Å². The molecular weight excluding hydrogens is 388 g/mol. The SMILES string of the molecule is Cc1sc2nc(CN3CCC(C)CC3)nc(Oc3ccccc3[N+](=O)[O-])c2c1C. The van der Waals surface area contributed by atoms with Crippen LogP contribution in [0.5, 0.6) is 11.6 Å². The average molecular weight is 413 g/mol. The molecule has 0 saturated carbocycles. The highest BCUT2D eigenvalue weighted by Gasteiger charge is 2.22. The number of likely N-dealkylation sites (tertiary alicyclic amines) is 1. The van der Waals surface area contributed by atoms with Gasteiger partial charge in [0, 0.05) is 10.9 Å². The van der Waals surface area contributed by atoms with Gasteiger partial charge in [-0.3, -0.25) is 15.0 Å². The van der Waals surface area contributed by atoms with E-state index in [-0.39, 0.29) is 11.4 Å². The van der Waals surface area contributed by atoms with Gasteiger partial charge in [0.25, 0.3) is 0 Å². The maximum atomic E-state index is 11.4. The van der Waals surface area contributed by atoms with Crippen LogP contribution in [0.3, 0.4) is 0 Å². The average Bonchev–Trinajstić information content (AvgIpc) is 2.98. The van der Waals surface area contributed by atoms with Crippen molar-refractivity contribution in [1.29, 1.82) is 0 Å². The Morgan fingerprint density at radius 2 is 1.97 bits per heavy atom. The van der Waals surface area contributed by atoms with Crippen molar-refractivity contribution in [3.63, 3.8) is 0 Å². The smallest absolute Gasteiger partial charge is 0.311 e. The van der Waals surface area contributed by atoms with Gasteiger partial charge in [0.15, 0.2) is 0 Å². The summed E-state index contributed by atoms with van der Waals surface area (Å²) in [5, 5.41) is 12.2. The highest BCUT2D eigenvalue weighted by Crippen LogP contribution is 2.38. The van der Waals surface area contributed by atoms with Gasteiger partial charge in [-0.05, 0) is 57.3 Å². The van der Waals surface area contributed by atoms with Gasteiger partial charge in [0.05, 0.1) is 16.9 Å². The van der Waals surface area contributed by atoms with Crippen LogP contribution in [0.2, 0.25) is 0 Å². The number of rotatable bonds is 5. The van der Waals surface area contributed by atoms with Crippen molar-refractivity contribution in [3.05, 3.63) is 50.6 Å². The van der Waals surface area contributed by atoms with Gasteiger partial charge >= 0.3 is 5.69 Å². The fraction of sp³-hybridized carbons (Fsp3) is 0.429. The maximum absolute atomic E-state index is 11.4. The van der Waals surface area contributed by atoms with Gasteiger partial charge in [-0.25, -0.2) is 4.98 Å². The van der Waals surface area contributed by atoms with E-state index >= 15 is 0 Å². The summed E-state index contributed by atoms with van der Waals surface area (Å²) in [5.74, 6) is 2.04. The van der Waals surface area contributed by atoms with E-state index in [0.717, 1.165) is 39.7 Å². The first-order valence-electron chi connectivity index (χ1n) is 9.82. The van der Waals surface area contributed by atoms with Crippen LogP contribution in [0, 0.1) is 29.9 Å². The summed E-state index contributed by atoms with van der Waals surface area (Å²) in [6, 6.07) is 6.40. The van der Waals surface area contributed by atoms with Crippen LogP contribution in [0.15, 0.2) is 24.3 Å². The van der Waals surface area contributed by atoms with Gasteiger partial charge in [0.1, 0.15) is 10.7 Å². The van der Waals surface area contributed by atoms with Crippen LogP contribution < -0.4 is 4.74 Å². The number of fused-ring (bicyclic) bond motifs is 1. The number of para-hydroxylation sites is 2. The van der Waals surface area contributed by atoms with Gasteiger partial charge in [-0.2, -0.15) is 4.98 Å². The Balaban J connectivity index is 1.73. The van der Waals surface area contributed by atoms with E-state index in [1.54, 1.807) is 29.5 Å². The standard InChI is InChI=1S/C21H24N4O3S/c1-13-8-10-24(11-9-13)12-18-22-20(19-14(2)15(3)29-21(19)23-18)28-17-7-5-4-6-16(17)25(26)27/h4-7,13H,8-12H2,1-3H3. The van der Waals surface area contributed by atoms with Crippen molar-refractivity contribution in [2.24, 2.45) is 5.92 Å². The first-order chi connectivity index (χ1) is 13.9. The number of aryl methyl sites for hydroxylation is 2. The minimum atomic E-state index is -0.435. The van der Waals surface area contributed by atoms with Crippen LogP contribution in [0.25, 0.3) is 10.2 Å². The van der Waals surface area contributed by atoms with Crippen molar-refractivity contribution >= 4 is 27.2 Å². The molecule has 1 aliphatic heterocycles. The molecule has 1 aromatic carbocycles. The minimum Gasteiger partial charge on any atom is -0.431 e. The van der Waals surface area contributed by atoms with E-state index in [1.807, 2.05) is 13.8 Å². The number of piperidine rings is 1. The van der Waals surface area contributed by atoms with E-state index in [2.05, 4.69) is 11.8 Å². The topological polar surface area (TPSA) is 81.4 Å². The van der Waals surface area contributed by atoms with E-state index in [1.165, 1.54) is 18.9 Å². The molecule has 4 rings (SSSR count). The zero-order chi connectivity index (χ0) is 20.5. The zero-order valence-corrected chi connectivity index (χ0v) is 17.7. The van der Waals surface area contributed by atoms with E-state index in [0.29, 0.717) is 18.2 Å². The van der Waals surface area contributed by atoms with Gasteiger partial charge in [-0.15, -0.1) is 11.3 Å². The van der Waals surface area contributed by atoms with Crippen LogP contribution in [0.4, 0.5) is 5.69 Å². The molecule has 0 spiro atoms. The van der Waals surface area contributed by atoms with Crippen LogP contribution in [0.1, 0.15) is 36.0 Å². The quantitative estimate of drug-likeness (QED) is 0.421. The van der Waals surface area contributed by atoms with E-state index in [9.17, 15) is 10.1 Å². The molecule has 3 heterocycles. The summed E-state index contributed by atoms with van der Waals surface area (Å²) in [6.45, 7) is 9.07. The lowest BCUT2D eigenvalue weighted by Crippen LogP contribution is -2.32. The Morgan fingerprint density at radius 1 is 1.24 bits per heavy atom. The number of ether oxygens (including phenoxy) is 1. The predicted molar refractivity (Wildman–Crippen MR) is 114 cm³/mol. The molecule has 8 heteroatoms. The van der Waals surface area contributed by atoms with Crippen molar-refractivity contribution in [2.45, 2.75) is 40.2 Å². The Hall–Kier alpha value is -2.58. The molecule has 152 valence electrons. The van der Waals surface area contributed by atoms with Gasteiger partial charge in [0.2, 0.25) is 11.6 Å². The fourth-order valence-electron chi connectivity index (χ4n) is 3.62. The van der Waals surface area contributed by atoms with Crippen molar-refractivity contribution in [1.82, 2.24) is 14.9 Å². The number of nitrogens with zero attached hydrogens (tertiary/aromatic N) is 4. The molecule has 0 N–H and O–H groups in total. The molecule has 0 unspecified atom stereocenters. The summed E-state index contributed by atoms with van der Waals surface area (Å²) in [6.07, 6.45) is 2.36. The second kappa shape index (κ2) is 8.04. The molecular formula is C21H24N4O3S. The number of thiophene rings is 1. The van der Waals surface area contributed by atoms with E-state index < -0.39 is 4.92 Å². The number of nitro benzene ring substituents is 1. The van der Waals surface area contributed by atoms with Gasteiger partial charge in [-0.1, -0.05) is 19.1 Å².